The normalized spacial score (nSPS) is 10.9. The predicted octanol–water partition coefficient (Wildman–Crippen LogP) is 8.20. The van der Waals surface area contributed by atoms with E-state index >= 15 is 0 Å². The SMILES string of the molecule is CCOc1cc(/C=C(\C#N)C(=O)Nc2ccc(OCc3ccccc3)cc2)cc(Br)c1OCc1ccccc1Cl. The molecule has 0 atom stereocenters. The quantitative estimate of drug-likeness (QED) is 0.136. The van der Waals surface area contributed by atoms with E-state index in [9.17, 15) is 10.1 Å². The van der Waals surface area contributed by atoms with E-state index in [4.69, 9.17) is 25.8 Å². The van der Waals surface area contributed by atoms with Crippen LogP contribution in [0.25, 0.3) is 6.08 Å². The lowest BCUT2D eigenvalue weighted by atomic mass is 10.1. The Morgan fingerprint density at radius 1 is 0.950 bits per heavy atom. The number of nitriles is 1. The van der Waals surface area contributed by atoms with Crippen molar-refractivity contribution in [1.29, 1.82) is 5.26 Å². The van der Waals surface area contributed by atoms with Crippen LogP contribution in [0.5, 0.6) is 17.2 Å². The zero-order chi connectivity index (χ0) is 28.3. The maximum absolute atomic E-state index is 12.9. The number of amides is 1. The van der Waals surface area contributed by atoms with Crippen LogP contribution in [-0.2, 0) is 18.0 Å². The molecule has 4 rings (SSSR count). The van der Waals surface area contributed by atoms with Gasteiger partial charge in [-0.25, -0.2) is 0 Å². The highest BCUT2D eigenvalue weighted by Gasteiger charge is 2.15. The van der Waals surface area contributed by atoms with Crippen molar-refractivity contribution in [3.05, 3.63) is 123 Å². The van der Waals surface area contributed by atoms with Gasteiger partial charge in [0, 0.05) is 16.3 Å². The first-order valence-corrected chi connectivity index (χ1v) is 13.7. The molecule has 1 N–H and O–H groups in total. The number of anilines is 1. The van der Waals surface area contributed by atoms with E-state index in [0.29, 0.717) is 51.2 Å². The fourth-order valence-electron chi connectivity index (χ4n) is 3.73. The van der Waals surface area contributed by atoms with Gasteiger partial charge < -0.3 is 19.5 Å². The largest absolute Gasteiger partial charge is 0.490 e. The average molecular weight is 618 g/mol. The Kier molecular flexibility index (Phi) is 10.2. The van der Waals surface area contributed by atoms with Gasteiger partial charge in [-0.05, 0) is 82.5 Å². The number of hydrogen-bond donors (Lipinski definition) is 1. The molecule has 6 nitrogen and oxygen atoms in total. The molecule has 0 aromatic heterocycles. The van der Waals surface area contributed by atoms with Gasteiger partial charge in [-0.1, -0.05) is 60.1 Å². The lowest BCUT2D eigenvalue weighted by Gasteiger charge is -2.15. The Balaban J connectivity index is 1.45. The van der Waals surface area contributed by atoms with E-state index in [0.717, 1.165) is 11.1 Å². The van der Waals surface area contributed by atoms with Gasteiger partial charge in [0.25, 0.3) is 5.91 Å². The second-order valence-corrected chi connectivity index (χ2v) is 9.83. The fourth-order valence-corrected chi connectivity index (χ4v) is 4.49. The summed E-state index contributed by atoms with van der Waals surface area (Å²) in [4.78, 5) is 12.9. The van der Waals surface area contributed by atoms with Crippen LogP contribution in [0.2, 0.25) is 5.02 Å². The lowest BCUT2D eigenvalue weighted by Crippen LogP contribution is -2.13. The maximum atomic E-state index is 12.9. The van der Waals surface area contributed by atoms with Gasteiger partial charge in [-0.15, -0.1) is 0 Å². The summed E-state index contributed by atoms with van der Waals surface area (Å²) in [6.45, 7) is 2.95. The third-order valence-corrected chi connectivity index (χ3v) is 6.66. The van der Waals surface area contributed by atoms with Crippen LogP contribution < -0.4 is 19.5 Å². The third kappa shape index (κ3) is 7.89. The van der Waals surface area contributed by atoms with Crippen LogP contribution in [0.1, 0.15) is 23.6 Å². The van der Waals surface area contributed by atoms with E-state index < -0.39 is 5.91 Å². The summed E-state index contributed by atoms with van der Waals surface area (Å²) in [5.41, 5.74) is 2.96. The minimum absolute atomic E-state index is 0.0662. The van der Waals surface area contributed by atoms with Crippen molar-refractivity contribution in [2.75, 3.05) is 11.9 Å². The van der Waals surface area contributed by atoms with Crippen LogP contribution >= 0.6 is 27.5 Å². The molecular weight excluding hydrogens is 592 g/mol. The van der Waals surface area contributed by atoms with Gasteiger partial charge in [0.2, 0.25) is 0 Å². The van der Waals surface area contributed by atoms with Crippen molar-refractivity contribution in [2.24, 2.45) is 0 Å². The summed E-state index contributed by atoms with van der Waals surface area (Å²) in [7, 11) is 0. The molecule has 0 aliphatic carbocycles. The van der Waals surface area contributed by atoms with Crippen LogP contribution in [-0.4, -0.2) is 12.5 Å². The number of rotatable bonds is 11. The number of carbonyl (C=O) groups is 1. The highest BCUT2D eigenvalue weighted by molar-refractivity contribution is 9.10. The molecule has 4 aromatic carbocycles. The summed E-state index contributed by atoms with van der Waals surface area (Å²) in [5, 5.41) is 13.1. The monoisotopic (exact) mass is 616 g/mol. The van der Waals surface area contributed by atoms with Crippen LogP contribution in [0.15, 0.2) is 101 Å². The topological polar surface area (TPSA) is 80.6 Å². The van der Waals surface area contributed by atoms with E-state index in [1.807, 2.05) is 61.5 Å². The number of benzene rings is 4. The smallest absolute Gasteiger partial charge is 0.266 e. The zero-order valence-corrected chi connectivity index (χ0v) is 24.0. The van der Waals surface area contributed by atoms with Gasteiger partial charge in [0.05, 0.1) is 11.1 Å². The van der Waals surface area contributed by atoms with Crippen LogP contribution in [0.3, 0.4) is 0 Å². The lowest BCUT2D eigenvalue weighted by molar-refractivity contribution is -0.112. The van der Waals surface area contributed by atoms with Crippen molar-refractivity contribution >= 4 is 45.2 Å². The van der Waals surface area contributed by atoms with Gasteiger partial charge >= 0.3 is 0 Å². The summed E-state index contributed by atoms with van der Waals surface area (Å²) < 4.78 is 18.2. The average Bonchev–Trinajstić information content (AvgIpc) is 2.96. The summed E-state index contributed by atoms with van der Waals surface area (Å²) in [5.74, 6) is 1.10. The number of ether oxygens (including phenoxy) is 3. The number of nitrogens with zero attached hydrogens (tertiary/aromatic N) is 1. The minimum Gasteiger partial charge on any atom is -0.490 e. The van der Waals surface area contributed by atoms with E-state index in [-0.39, 0.29) is 12.2 Å². The van der Waals surface area contributed by atoms with Gasteiger partial charge in [0.1, 0.15) is 30.6 Å². The fraction of sp³-hybridized carbons (Fsp3) is 0.125. The minimum atomic E-state index is -0.534. The molecule has 0 unspecified atom stereocenters. The van der Waals surface area contributed by atoms with Crippen molar-refractivity contribution in [3.8, 4) is 23.3 Å². The summed E-state index contributed by atoms with van der Waals surface area (Å²) >= 11 is 9.79. The molecule has 0 radical (unpaired) electrons. The van der Waals surface area contributed by atoms with Crippen molar-refractivity contribution in [3.63, 3.8) is 0 Å². The molecule has 0 aliphatic rings. The first-order chi connectivity index (χ1) is 19.5. The molecule has 0 heterocycles. The first-order valence-electron chi connectivity index (χ1n) is 12.5. The van der Waals surface area contributed by atoms with Crippen molar-refractivity contribution in [1.82, 2.24) is 0 Å². The van der Waals surface area contributed by atoms with Gasteiger partial charge in [0.15, 0.2) is 11.5 Å². The molecule has 40 heavy (non-hydrogen) atoms. The van der Waals surface area contributed by atoms with Gasteiger partial charge in [-0.2, -0.15) is 5.26 Å². The molecule has 0 fully saturated rings. The zero-order valence-electron chi connectivity index (χ0n) is 21.7. The Hall–Kier alpha value is -4.25. The molecule has 0 bridgehead atoms. The van der Waals surface area contributed by atoms with E-state index in [1.54, 1.807) is 42.5 Å². The number of halogens is 2. The summed E-state index contributed by atoms with van der Waals surface area (Å²) in [6, 6.07) is 29.7. The summed E-state index contributed by atoms with van der Waals surface area (Å²) in [6.07, 6.45) is 1.50. The standard InChI is InChI=1S/C32H26BrClN2O4/c1-2-38-30-18-23(17-28(33)31(30)40-21-24-10-6-7-11-29(24)34)16-25(19-35)32(37)36-26-12-14-27(15-13-26)39-20-22-8-4-3-5-9-22/h3-18H,2,20-21H2,1H3,(H,36,37)/b25-16+. The molecule has 0 saturated heterocycles. The highest BCUT2D eigenvalue weighted by Crippen LogP contribution is 2.38. The highest BCUT2D eigenvalue weighted by atomic mass is 79.9. The molecule has 1 amide bonds. The Bertz CT molecular complexity index is 1530. The van der Waals surface area contributed by atoms with Gasteiger partial charge in [-0.3, -0.25) is 4.79 Å². The third-order valence-electron chi connectivity index (χ3n) is 5.70. The van der Waals surface area contributed by atoms with Crippen LogP contribution in [0.4, 0.5) is 5.69 Å². The van der Waals surface area contributed by atoms with Crippen molar-refractivity contribution in [2.45, 2.75) is 20.1 Å². The molecule has 8 heteroatoms. The van der Waals surface area contributed by atoms with Crippen molar-refractivity contribution < 1.29 is 19.0 Å². The number of hydrogen-bond acceptors (Lipinski definition) is 5. The number of carbonyl (C=O) groups excluding carboxylic acids is 1. The second kappa shape index (κ2) is 14.2. The predicted molar refractivity (Wildman–Crippen MR) is 161 cm³/mol. The van der Waals surface area contributed by atoms with E-state index in [1.165, 1.54) is 6.08 Å². The molecule has 0 spiro atoms. The Morgan fingerprint density at radius 3 is 2.38 bits per heavy atom. The number of nitrogens with one attached hydrogen (secondary N) is 1. The maximum Gasteiger partial charge on any atom is 0.266 e. The molecular formula is C32H26BrClN2O4. The molecule has 0 saturated carbocycles. The molecule has 4 aromatic rings. The van der Waals surface area contributed by atoms with Crippen LogP contribution in [0, 0.1) is 11.3 Å². The first kappa shape index (κ1) is 28.8. The Labute approximate surface area is 246 Å². The van der Waals surface area contributed by atoms with E-state index in [2.05, 4.69) is 21.2 Å². The molecule has 202 valence electrons. The Morgan fingerprint density at radius 2 is 1.68 bits per heavy atom. The molecule has 0 aliphatic heterocycles. The second-order valence-electron chi connectivity index (χ2n) is 8.57.